The van der Waals surface area contributed by atoms with E-state index in [1.165, 1.54) is 28.2 Å². The number of hydrogen-bond acceptors (Lipinski definition) is 9. The fourth-order valence-electron chi connectivity index (χ4n) is 1.64. The van der Waals surface area contributed by atoms with Crippen LogP contribution in [0.15, 0.2) is 26.2 Å². The van der Waals surface area contributed by atoms with E-state index in [1.807, 2.05) is 0 Å². The Labute approximate surface area is 145 Å². The highest BCUT2D eigenvalue weighted by molar-refractivity contribution is 8.02. The van der Waals surface area contributed by atoms with Gasteiger partial charge in [0.25, 0.3) is 0 Å². The van der Waals surface area contributed by atoms with Crippen molar-refractivity contribution < 1.29 is 0 Å². The fraction of sp³-hybridized carbons (Fsp3) is 0.385. The van der Waals surface area contributed by atoms with Crippen molar-refractivity contribution in [3.63, 3.8) is 0 Å². The maximum atomic E-state index is 4.50. The smallest absolute Gasteiger partial charge is 0.206 e. The fourth-order valence-corrected chi connectivity index (χ4v) is 5.08. The first-order chi connectivity index (χ1) is 10.7. The average molecular weight is 370 g/mol. The zero-order valence-corrected chi connectivity index (χ0v) is 15.4. The normalized spacial score (nSPS) is 11.2. The Bertz CT molecular complexity index is 704. The molecule has 0 unspecified atom stereocenters. The maximum absolute atomic E-state index is 4.50. The van der Waals surface area contributed by atoms with E-state index in [9.17, 15) is 0 Å². The minimum absolute atomic E-state index is 0.356. The van der Waals surface area contributed by atoms with Gasteiger partial charge in [-0.05, 0) is 41.2 Å². The minimum Gasteiger partial charge on any atom is -0.360 e. The first kappa shape index (κ1) is 15.9. The Morgan fingerprint density at radius 3 is 2.91 bits per heavy atom. The van der Waals surface area contributed by atoms with Crippen LogP contribution in [0.4, 0.5) is 5.13 Å². The molecule has 0 saturated heterocycles. The summed E-state index contributed by atoms with van der Waals surface area (Å²) >= 11 is 6.28. The lowest BCUT2D eigenvalue weighted by Gasteiger charge is -1.98. The average Bonchev–Trinajstić information content (AvgIpc) is 3.21. The minimum atomic E-state index is 0.356. The van der Waals surface area contributed by atoms with Crippen LogP contribution in [0.25, 0.3) is 0 Å². The molecule has 0 fully saturated rings. The van der Waals surface area contributed by atoms with Crippen LogP contribution in [-0.4, -0.2) is 26.1 Å². The van der Waals surface area contributed by atoms with Crippen molar-refractivity contribution in [2.24, 2.45) is 0 Å². The summed E-state index contributed by atoms with van der Waals surface area (Å²) in [7, 11) is 0. The molecule has 3 aromatic rings. The van der Waals surface area contributed by atoms with E-state index in [-0.39, 0.29) is 0 Å². The molecule has 1 N–H and O–H groups in total. The van der Waals surface area contributed by atoms with Gasteiger partial charge in [-0.1, -0.05) is 31.3 Å². The van der Waals surface area contributed by atoms with Gasteiger partial charge in [-0.3, -0.25) is 0 Å². The van der Waals surface area contributed by atoms with E-state index in [0.29, 0.717) is 5.92 Å². The zero-order chi connectivity index (χ0) is 15.4. The van der Waals surface area contributed by atoms with Crippen molar-refractivity contribution in [1.82, 2.24) is 19.6 Å². The SMILES string of the molecule is CC(C)c1nsc(Sc2nnc(NCCc3cccs3)s2)n1. The molecule has 3 aromatic heterocycles. The largest absolute Gasteiger partial charge is 0.360 e. The van der Waals surface area contributed by atoms with Gasteiger partial charge in [-0.2, -0.15) is 4.37 Å². The molecule has 0 bridgehead atoms. The molecule has 9 heteroatoms. The van der Waals surface area contributed by atoms with Crippen LogP contribution >= 0.6 is 46.0 Å². The predicted molar refractivity (Wildman–Crippen MR) is 94.5 cm³/mol. The van der Waals surface area contributed by atoms with Crippen molar-refractivity contribution in [2.75, 3.05) is 11.9 Å². The summed E-state index contributed by atoms with van der Waals surface area (Å²) in [5, 5.41) is 14.6. The second-order valence-electron chi connectivity index (χ2n) is 4.80. The van der Waals surface area contributed by atoms with Crippen molar-refractivity contribution in [1.29, 1.82) is 0 Å². The first-order valence-corrected chi connectivity index (χ1v) is 10.1. The molecule has 0 atom stereocenters. The van der Waals surface area contributed by atoms with E-state index < -0.39 is 0 Å². The predicted octanol–water partition coefficient (Wildman–Crippen LogP) is 4.38. The van der Waals surface area contributed by atoms with Gasteiger partial charge in [0.2, 0.25) is 5.13 Å². The molecule has 0 aliphatic heterocycles. The third-order valence-corrected chi connectivity index (χ3v) is 6.38. The summed E-state index contributed by atoms with van der Waals surface area (Å²) in [5.74, 6) is 1.25. The van der Waals surface area contributed by atoms with E-state index in [0.717, 1.165) is 32.6 Å². The van der Waals surface area contributed by atoms with Crippen LogP contribution in [-0.2, 0) is 6.42 Å². The summed E-state index contributed by atoms with van der Waals surface area (Å²) < 4.78 is 6.16. The van der Waals surface area contributed by atoms with Crippen LogP contribution in [0, 0.1) is 0 Å². The molecule has 0 radical (unpaired) electrons. The molecule has 0 aliphatic rings. The second-order valence-corrected chi connectivity index (χ2v) is 9.06. The molecule has 5 nitrogen and oxygen atoms in total. The summed E-state index contributed by atoms with van der Waals surface area (Å²) in [5.41, 5.74) is 0. The van der Waals surface area contributed by atoms with Gasteiger partial charge in [-0.15, -0.1) is 21.5 Å². The van der Waals surface area contributed by atoms with Crippen molar-refractivity contribution in [3.8, 4) is 0 Å². The highest BCUT2D eigenvalue weighted by Gasteiger charge is 2.12. The Balaban J connectivity index is 1.52. The molecule has 3 rings (SSSR count). The van der Waals surface area contributed by atoms with Crippen molar-refractivity contribution in [3.05, 3.63) is 28.2 Å². The van der Waals surface area contributed by atoms with E-state index in [1.54, 1.807) is 22.7 Å². The van der Waals surface area contributed by atoms with Gasteiger partial charge in [-0.25, -0.2) is 4.98 Å². The number of thiophene rings is 1. The Morgan fingerprint density at radius 1 is 1.27 bits per heavy atom. The van der Waals surface area contributed by atoms with Gasteiger partial charge < -0.3 is 5.32 Å². The lowest BCUT2D eigenvalue weighted by molar-refractivity contribution is 0.789. The number of nitrogens with one attached hydrogen (secondary N) is 1. The standard InChI is InChI=1S/C13H15N5S4/c1-8(2)10-15-12(22-18-10)21-13-17-16-11(20-13)14-6-5-9-4-3-7-19-9/h3-4,7-8H,5-6H2,1-2H3,(H,14,16). The molecule has 116 valence electrons. The van der Waals surface area contributed by atoms with E-state index >= 15 is 0 Å². The number of hydrogen-bond donors (Lipinski definition) is 1. The quantitative estimate of drug-likeness (QED) is 0.667. The monoisotopic (exact) mass is 369 g/mol. The topological polar surface area (TPSA) is 63.6 Å². The lowest BCUT2D eigenvalue weighted by atomic mass is 10.2. The van der Waals surface area contributed by atoms with E-state index in [2.05, 4.69) is 56.2 Å². The Hall–Kier alpha value is -1.03. The summed E-state index contributed by atoms with van der Waals surface area (Å²) in [6.45, 7) is 5.06. The number of anilines is 1. The lowest BCUT2D eigenvalue weighted by Crippen LogP contribution is -2.03. The van der Waals surface area contributed by atoms with Gasteiger partial charge in [0.15, 0.2) is 8.68 Å². The highest BCUT2D eigenvalue weighted by Crippen LogP contribution is 2.33. The van der Waals surface area contributed by atoms with Crippen molar-refractivity contribution in [2.45, 2.75) is 34.9 Å². The van der Waals surface area contributed by atoms with Crippen LogP contribution in [0.2, 0.25) is 0 Å². The molecule has 3 heterocycles. The number of aromatic nitrogens is 4. The molecule has 0 aromatic carbocycles. The second kappa shape index (κ2) is 7.49. The third-order valence-electron chi connectivity index (χ3n) is 2.75. The van der Waals surface area contributed by atoms with Crippen LogP contribution in [0.1, 0.15) is 30.5 Å². The molecule has 22 heavy (non-hydrogen) atoms. The summed E-state index contributed by atoms with van der Waals surface area (Å²) in [6.07, 6.45) is 1.01. The maximum Gasteiger partial charge on any atom is 0.206 e. The van der Waals surface area contributed by atoms with Gasteiger partial charge >= 0.3 is 0 Å². The van der Waals surface area contributed by atoms with Crippen LogP contribution in [0.3, 0.4) is 0 Å². The first-order valence-electron chi connectivity index (χ1n) is 6.82. The molecule has 0 spiro atoms. The Morgan fingerprint density at radius 2 is 2.18 bits per heavy atom. The molecule has 0 aliphatic carbocycles. The van der Waals surface area contributed by atoms with Crippen LogP contribution < -0.4 is 5.32 Å². The molecule has 0 amide bonds. The number of nitrogens with zero attached hydrogens (tertiary/aromatic N) is 4. The molecular formula is C13H15N5S4. The van der Waals surface area contributed by atoms with Crippen LogP contribution in [0.5, 0.6) is 0 Å². The molecular weight excluding hydrogens is 354 g/mol. The molecule has 0 saturated carbocycles. The van der Waals surface area contributed by atoms with Gasteiger partial charge in [0, 0.05) is 17.3 Å². The van der Waals surface area contributed by atoms with Gasteiger partial charge in [0.1, 0.15) is 5.82 Å². The van der Waals surface area contributed by atoms with Crippen molar-refractivity contribution >= 4 is 51.1 Å². The number of rotatable bonds is 7. The van der Waals surface area contributed by atoms with E-state index in [4.69, 9.17) is 0 Å². The van der Waals surface area contributed by atoms with Gasteiger partial charge in [0.05, 0.1) is 0 Å². The summed E-state index contributed by atoms with van der Waals surface area (Å²) in [6, 6.07) is 4.22. The Kier molecular flexibility index (Phi) is 5.40. The highest BCUT2D eigenvalue weighted by atomic mass is 32.2. The third kappa shape index (κ3) is 4.25. The summed E-state index contributed by atoms with van der Waals surface area (Å²) in [4.78, 5) is 5.88. The zero-order valence-electron chi connectivity index (χ0n) is 12.1.